The minimum absolute atomic E-state index is 0.0823. The number of sulfonamides is 1. The van der Waals surface area contributed by atoms with Crippen molar-refractivity contribution in [1.82, 2.24) is 9.62 Å². The highest BCUT2D eigenvalue weighted by atomic mass is 32.2. The maximum Gasteiger partial charge on any atom is 0.298 e. The number of carbonyl (C=O) groups is 4. The summed E-state index contributed by atoms with van der Waals surface area (Å²) < 4.78 is 44.1. The third-order valence-corrected chi connectivity index (χ3v) is 7.44. The van der Waals surface area contributed by atoms with Crippen molar-refractivity contribution >= 4 is 33.4 Å². The highest BCUT2D eigenvalue weighted by Gasteiger charge is 2.42. The van der Waals surface area contributed by atoms with Crippen molar-refractivity contribution in [2.24, 2.45) is 5.73 Å². The maximum atomic E-state index is 14.7. The normalized spacial score (nSPS) is 18.7. The molecule has 0 spiro atoms. The Labute approximate surface area is 199 Å². The van der Waals surface area contributed by atoms with E-state index in [1.807, 2.05) is 53.7 Å². The largest absolute Gasteiger partial charge is 0.363 e. The van der Waals surface area contributed by atoms with Crippen molar-refractivity contribution in [2.75, 3.05) is 13.1 Å². The van der Waals surface area contributed by atoms with Crippen LogP contribution in [-0.4, -0.2) is 62.0 Å². The number of hydrogen-bond donors (Lipinski definition) is 2. The van der Waals surface area contributed by atoms with Crippen LogP contribution in [0, 0.1) is 0 Å². The number of benzene rings is 1. The van der Waals surface area contributed by atoms with Crippen LogP contribution in [0.15, 0.2) is 17.0 Å². The molecule has 1 aliphatic rings. The smallest absolute Gasteiger partial charge is 0.298 e. The van der Waals surface area contributed by atoms with Crippen LogP contribution >= 0.6 is 0 Å². The number of nitrogens with two attached hydrogens (primary N) is 1. The average molecular weight is 498 g/mol. The van der Waals surface area contributed by atoms with Gasteiger partial charge in [-0.25, -0.2) is 17.5 Å². The first kappa shape index (κ1) is 27.6. The third kappa shape index (κ3) is 5.69. The van der Waals surface area contributed by atoms with Crippen LogP contribution in [0.25, 0.3) is 0 Å². The van der Waals surface area contributed by atoms with Crippen molar-refractivity contribution < 1.29 is 32.0 Å². The van der Waals surface area contributed by atoms with Gasteiger partial charge in [0.2, 0.25) is 10.0 Å². The molecule has 2 amide bonds. The summed E-state index contributed by atoms with van der Waals surface area (Å²) in [7, 11) is -4.22. The van der Waals surface area contributed by atoms with Gasteiger partial charge >= 0.3 is 0 Å². The SMILES string of the molecule is CC(C)c1cc(C(C)C)c(S(=O)(=O)NC2CN(C(=O)C(=O)C(=O)C(N)=O)CC2F)c(C(C)C)c1. The van der Waals surface area contributed by atoms with Gasteiger partial charge in [0.15, 0.2) is 0 Å². The zero-order valence-corrected chi connectivity index (χ0v) is 21.0. The van der Waals surface area contributed by atoms with E-state index in [0.29, 0.717) is 16.0 Å². The van der Waals surface area contributed by atoms with Crippen LogP contribution in [0.5, 0.6) is 0 Å². The Morgan fingerprint density at radius 2 is 1.44 bits per heavy atom. The van der Waals surface area contributed by atoms with E-state index in [0.717, 1.165) is 5.56 Å². The number of nitrogens with one attached hydrogen (secondary N) is 1. The molecular formula is C23H32FN3O6S. The molecule has 2 rings (SSSR count). The number of amides is 2. The Hall–Kier alpha value is -2.66. The first-order valence-electron chi connectivity index (χ1n) is 11.1. The molecule has 0 aliphatic carbocycles. The molecule has 0 radical (unpaired) electrons. The van der Waals surface area contributed by atoms with Gasteiger partial charge in [-0.15, -0.1) is 0 Å². The van der Waals surface area contributed by atoms with E-state index in [4.69, 9.17) is 5.73 Å². The Kier molecular flexibility index (Phi) is 8.36. The second kappa shape index (κ2) is 10.3. The molecule has 11 heteroatoms. The molecule has 1 aromatic carbocycles. The summed E-state index contributed by atoms with van der Waals surface area (Å²) >= 11 is 0. The van der Waals surface area contributed by atoms with E-state index in [-0.39, 0.29) is 22.6 Å². The van der Waals surface area contributed by atoms with Crippen LogP contribution < -0.4 is 10.5 Å². The number of nitrogens with zero attached hydrogens (tertiary/aromatic N) is 1. The molecule has 1 aliphatic heterocycles. The van der Waals surface area contributed by atoms with E-state index in [9.17, 15) is 32.0 Å². The lowest BCUT2D eigenvalue weighted by atomic mass is 9.89. The molecule has 0 saturated carbocycles. The minimum Gasteiger partial charge on any atom is -0.363 e. The molecule has 1 fully saturated rings. The standard InChI is InChI=1S/C23H32FN3O6S/c1-11(2)14-7-15(12(3)4)21(16(8-14)13(5)6)34(32,33)26-18-10-27(9-17(18)24)23(31)20(29)19(28)22(25)30/h7-8,11-13,17-18,26H,9-10H2,1-6H3,(H2,25,30). The average Bonchev–Trinajstić information content (AvgIpc) is 3.10. The molecule has 2 atom stereocenters. The third-order valence-electron chi connectivity index (χ3n) is 5.81. The maximum absolute atomic E-state index is 14.7. The van der Waals surface area contributed by atoms with Gasteiger partial charge in [-0.3, -0.25) is 19.2 Å². The van der Waals surface area contributed by atoms with Gasteiger partial charge in [0, 0.05) is 6.54 Å². The monoisotopic (exact) mass is 497 g/mol. The Morgan fingerprint density at radius 1 is 0.941 bits per heavy atom. The quantitative estimate of drug-likeness (QED) is 0.391. The van der Waals surface area contributed by atoms with Crippen LogP contribution in [0.4, 0.5) is 4.39 Å². The zero-order chi connectivity index (χ0) is 26.1. The highest BCUT2D eigenvalue weighted by molar-refractivity contribution is 7.89. The lowest BCUT2D eigenvalue weighted by Gasteiger charge is -2.24. The number of hydrogen-bond acceptors (Lipinski definition) is 6. The second-order valence-corrected chi connectivity index (χ2v) is 11.1. The summed E-state index contributed by atoms with van der Waals surface area (Å²) in [5.74, 6) is -6.50. The van der Waals surface area contributed by atoms with Crippen molar-refractivity contribution in [1.29, 1.82) is 0 Å². The van der Waals surface area contributed by atoms with E-state index in [1.165, 1.54) is 0 Å². The summed E-state index contributed by atoms with van der Waals surface area (Å²) in [4.78, 5) is 47.1. The van der Waals surface area contributed by atoms with Crippen molar-refractivity contribution in [3.8, 4) is 0 Å². The zero-order valence-electron chi connectivity index (χ0n) is 20.2. The summed E-state index contributed by atoms with van der Waals surface area (Å²) in [5, 5.41) is 0. The molecule has 2 unspecified atom stereocenters. The molecule has 0 bridgehead atoms. The number of likely N-dealkylation sites (tertiary alicyclic amines) is 1. The van der Waals surface area contributed by atoms with E-state index < -0.39 is 58.7 Å². The number of ketones is 2. The summed E-state index contributed by atoms with van der Waals surface area (Å²) in [5.41, 5.74) is 6.93. The predicted molar refractivity (Wildman–Crippen MR) is 124 cm³/mol. The topological polar surface area (TPSA) is 144 Å². The summed E-state index contributed by atoms with van der Waals surface area (Å²) in [6, 6.07) is 2.36. The number of halogens is 1. The first-order chi connectivity index (χ1) is 15.6. The van der Waals surface area contributed by atoms with E-state index in [2.05, 4.69) is 4.72 Å². The van der Waals surface area contributed by atoms with Gasteiger partial charge in [0.1, 0.15) is 6.17 Å². The number of rotatable bonds is 9. The van der Waals surface area contributed by atoms with Gasteiger partial charge in [-0.1, -0.05) is 53.7 Å². The lowest BCUT2D eigenvalue weighted by Crippen LogP contribution is -2.45. The molecule has 0 aromatic heterocycles. The van der Waals surface area contributed by atoms with Crippen LogP contribution in [-0.2, 0) is 29.2 Å². The number of carbonyl (C=O) groups excluding carboxylic acids is 4. The summed E-state index contributed by atoms with van der Waals surface area (Å²) in [6.45, 7) is 10.4. The molecule has 9 nitrogen and oxygen atoms in total. The molecule has 1 heterocycles. The first-order valence-corrected chi connectivity index (χ1v) is 12.6. The number of alkyl halides is 1. The molecular weight excluding hydrogens is 465 g/mol. The number of primary amides is 1. The van der Waals surface area contributed by atoms with Crippen molar-refractivity contribution in [3.05, 3.63) is 28.8 Å². The van der Waals surface area contributed by atoms with Crippen molar-refractivity contribution in [2.45, 2.75) is 76.4 Å². The van der Waals surface area contributed by atoms with Crippen LogP contribution in [0.3, 0.4) is 0 Å². The van der Waals surface area contributed by atoms with Gasteiger partial charge in [-0.2, -0.15) is 0 Å². The fourth-order valence-corrected chi connectivity index (χ4v) is 5.80. The minimum atomic E-state index is -4.22. The fraction of sp³-hybridized carbons (Fsp3) is 0.565. The molecule has 34 heavy (non-hydrogen) atoms. The van der Waals surface area contributed by atoms with E-state index >= 15 is 0 Å². The number of Topliss-reactive ketones (excluding diaryl/α,β-unsaturated/α-hetero) is 2. The van der Waals surface area contributed by atoms with Gasteiger partial charge in [0.05, 0.1) is 17.5 Å². The fourth-order valence-electron chi connectivity index (χ4n) is 3.85. The summed E-state index contributed by atoms with van der Waals surface area (Å²) in [6.07, 6.45) is -1.82. The second-order valence-electron chi connectivity index (χ2n) is 9.47. The Balaban J connectivity index is 2.41. The Morgan fingerprint density at radius 3 is 1.85 bits per heavy atom. The molecule has 1 aromatic rings. The van der Waals surface area contributed by atoms with Gasteiger partial charge < -0.3 is 10.6 Å². The Bertz CT molecular complexity index is 1080. The van der Waals surface area contributed by atoms with Gasteiger partial charge in [-0.05, 0) is 34.4 Å². The van der Waals surface area contributed by atoms with E-state index in [1.54, 1.807) is 0 Å². The highest BCUT2D eigenvalue weighted by Crippen LogP contribution is 2.35. The van der Waals surface area contributed by atoms with Gasteiger partial charge in [0.25, 0.3) is 23.4 Å². The predicted octanol–water partition coefficient (Wildman–Crippen LogP) is 1.51. The molecule has 1 saturated heterocycles. The lowest BCUT2D eigenvalue weighted by molar-refractivity contribution is -0.151. The molecule has 188 valence electrons. The van der Waals surface area contributed by atoms with Crippen LogP contribution in [0.2, 0.25) is 0 Å². The van der Waals surface area contributed by atoms with Crippen LogP contribution in [0.1, 0.15) is 76.0 Å². The molecule has 3 N–H and O–H groups in total. The van der Waals surface area contributed by atoms with Crippen molar-refractivity contribution in [3.63, 3.8) is 0 Å².